The molecule has 3 nitrogen and oxygen atoms in total. The maximum absolute atomic E-state index is 12.9. The van der Waals surface area contributed by atoms with Gasteiger partial charge in [-0.3, -0.25) is 4.79 Å². The second kappa shape index (κ2) is 11.5. The summed E-state index contributed by atoms with van der Waals surface area (Å²) in [7, 11) is -6.00. The van der Waals surface area contributed by atoms with Crippen molar-refractivity contribution in [3.63, 3.8) is 0 Å². The molecule has 0 saturated carbocycles. The zero-order valence-electron chi connectivity index (χ0n) is 18.3. The molecule has 170 valence electrons. The lowest BCUT2D eigenvalue weighted by Gasteiger charge is -2.17. The molecule has 0 unspecified atom stereocenters. The summed E-state index contributed by atoms with van der Waals surface area (Å²) in [5.41, 5.74) is 5.48. The Hall–Kier alpha value is -3.16. The number of pyridine rings is 1. The van der Waals surface area contributed by atoms with E-state index >= 15 is 0 Å². The molecule has 0 atom stereocenters. The molecule has 0 aliphatic heterocycles. The van der Waals surface area contributed by atoms with Crippen LogP contribution >= 0.6 is 0 Å². The smallest absolute Gasteiger partial charge is 0.458 e. The van der Waals surface area contributed by atoms with Gasteiger partial charge in [-0.25, -0.2) is 0 Å². The lowest BCUT2D eigenvalue weighted by atomic mass is 9.91. The van der Waals surface area contributed by atoms with Crippen LogP contribution in [0, 0.1) is 20.8 Å². The fourth-order valence-corrected chi connectivity index (χ4v) is 3.56. The predicted octanol–water partition coefficient (Wildman–Crippen LogP) is 5.57. The number of aromatic nitrogens is 1. The van der Waals surface area contributed by atoms with Crippen molar-refractivity contribution in [3.8, 4) is 0 Å². The van der Waals surface area contributed by atoms with Gasteiger partial charge in [0.1, 0.15) is 5.92 Å². The average molecular weight is 447 g/mol. The molecule has 2 aromatic carbocycles. The molecule has 1 aromatic heterocycles. The van der Waals surface area contributed by atoms with Crippen LogP contribution in [-0.4, -0.2) is 19.8 Å². The van der Waals surface area contributed by atoms with E-state index < -0.39 is 13.2 Å². The van der Waals surface area contributed by atoms with Gasteiger partial charge < -0.3 is 22.0 Å². The summed E-state index contributed by atoms with van der Waals surface area (Å²) in [5.74, 6) is -0.618. The Balaban J connectivity index is 0.000000654. The third-order valence-electron chi connectivity index (χ3n) is 4.79. The summed E-state index contributed by atoms with van der Waals surface area (Å²) in [6, 6.07) is 23.9. The van der Waals surface area contributed by atoms with Crippen LogP contribution in [0.15, 0.2) is 72.8 Å². The second-order valence-corrected chi connectivity index (χ2v) is 7.38. The van der Waals surface area contributed by atoms with E-state index in [9.17, 15) is 22.1 Å². The molecule has 3 aromatic rings. The highest BCUT2D eigenvalue weighted by molar-refractivity contribution is 6.50. The quantitative estimate of drug-likeness (QED) is 0.214. The molecule has 0 radical (unpaired) electrons. The third-order valence-corrected chi connectivity index (χ3v) is 4.79. The minimum absolute atomic E-state index is 0.213. The van der Waals surface area contributed by atoms with Crippen LogP contribution in [0.1, 0.15) is 34.0 Å². The number of ether oxygens (including phenoxy) is 1. The van der Waals surface area contributed by atoms with E-state index in [0.29, 0.717) is 13.2 Å². The summed E-state index contributed by atoms with van der Waals surface area (Å²) in [6.07, 6.45) is 0. The zero-order valence-corrected chi connectivity index (χ0v) is 18.3. The van der Waals surface area contributed by atoms with Crippen LogP contribution in [-0.2, 0) is 16.1 Å². The number of carbonyl (C=O) groups excluding carboxylic acids is 1. The highest BCUT2D eigenvalue weighted by atomic mass is 19.5. The SMILES string of the molecule is Cc1cc(C)[n+](CCOC(=O)C(c2ccccc2)c2ccccc2)c(C)c1.F[B-](F)(F)F. The van der Waals surface area contributed by atoms with Gasteiger partial charge in [-0.1, -0.05) is 60.7 Å². The summed E-state index contributed by atoms with van der Waals surface area (Å²) in [5, 5.41) is 0. The van der Waals surface area contributed by atoms with Crippen molar-refractivity contribution in [3.05, 3.63) is 101 Å². The molecule has 8 heteroatoms. The highest BCUT2D eigenvalue weighted by Crippen LogP contribution is 2.25. The minimum atomic E-state index is -6.00. The molecule has 3 rings (SSSR count). The predicted molar refractivity (Wildman–Crippen MR) is 117 cm³/mol. The molecule has 32 heavy (non-hydrogen) atoms. The van der Waals surface area contributed by atoms with Gasteiger partial charge in [0.25, 0.3) is 0 Å². The maximum atomic E-state index is 12.9. The van der Waals surface area contributed by atoms with E-state index in [-0.39, 0.29) is 5.97 Å². The summed E-state index contributed by atoms with van der Waals surface area (Å²) < 4.78 is 46.9. The first kappa shape index (κ1) is 25.1. The van der Waals surface area contributed by atoms with Gasteiger partial charge in [0.15, 0.2) is 24.5 Å². The van der Waals surface area contributed by atoms with Crippen LogP contribution in [0.2, 0.25) is 0 Å². The Kier molecular flexibility index (Phi) is 8.99. The van der Waals surface area contributed by atoms with Gasteiger partial charge >= 0.3 is 13.2 Å². The largest absolute Gasteiger partial charge is 0.673 e. The summed E-state index contributed by atoms with van der Waals surface area (Å²) in [4.78, 5) is 12.9. The van der Waals surface area contributed by atoms with Crippen molar-refractivity contribution in [2.24, 2.45) is 0 Å². The first-order valence-corrected chi connectivity index (χ1v) is 10.2. The van der Waals surface area contributed by atoms with Crippen LogP contribution < -0.4 is 4.57 Å². The van der Waals surface area contributed by atoms with E-state index in [2.05, 4.69) is 37.5 Å². The van der Waals surface area contributed by atoms with Crippen LogP contribution in [0.25, 0.3) is 0 Å². The van der Waals surface area contributed by atoms with Crippen LogP contribution in [0.3, 0.4) is 0 Å². The average Bonchev–Trinajstić information content (AvgIpc) is 2.70. The molecule has 0 saturated heterocycles. The van der Waals surface area contributed by atoms with Gasteiger partial charge in [0, 0.05) is 26.0 Å². The zero-order chi connectivity index (χ0) is 23.7. The van der Waals surface area contributed by atoms with Crippen molar-refractivity contribution in [1.82, 2.24) is 0 Å². The topological polar surface area (TPSA) is 30.2 Å². The minimum Gasteiger partial charge on any atom is -0.458 e. The molecule has 0 aliphatic rings. The second-order valence-electron chi connectivity index (χ2n) is 7.38. The van der Waals surface area contributed by atoms with Crippen LogP contribution in [0.5, 0.6) is 0 Å². The fraction of sp³-hybridized carbons (Fsp3) is 0.250. The lowest BCUT2D eigenvalue weighted by molar-refractivity contribution is -0.709. The molecule has 0 bridgehead atoms. The fourth-order valence-electron chi connectivity index (χ4n) is 3.56. The van der Waals surface area contributed by atoms with E-state index in [1.807, 2.05) is 60.7 Å². The lowest BCUT2D eigenvalue weighted by Crippen LogP contribution is -2.42. The number of hydrogen-bond acceptors (Lipinski definition) is 2. The van der Waals surface area contributed by atoms with E-state index in [1.54, 1.807) is 0 Å². The van der Waals surface area contributed by atoms with Gasteiger partial charge in [-0.15, -0.1) is 0 Å². The molecule has 0 fully saturated rings. The van der Waals surface area contributed by atoms with Gasteiger partial charge in [-0.05, 0) is 23.6 Å². The molecular formula is C24H26BF4NO2. The molecular weight excluding hydrogens is 421 g/mol. The first-order valence-electron chi connectivity index (χ1n) is 10.2. The first-order chi connectivity index (χ1) is 15.1. The van der Waals surface area contributed by atoms with E-state index in [1.165, 1.54) is 17.0 Å². The number of esters is 1. The molecule has 0 N–H and O–H groups in total. The van der Waals surface area contributed by atoms with E-state index in [4.69, 9.17) is 4.74 Å². The number of rotatable bonds is 6. The Morgan fingerprint density at radius 2 is 1.25 bits per heavy atom. The van der Waals surface area contributed by atoms with Gasteiger partial charge in [-0.2, -0.15) is 4.57 Å². The molecule has 0 spiro atoms. The van der Waals surface area contributed by atoms with Crippen molar-refractivity contribution < 1.29 is 31.4 Å². The van der Waals surface area contributed by atoms with Crippen molar-refractivity contribution in [2.75, 3.05) is 6.61 Å². The number of carbonyl (C=O) groups is 1. The van der Waals surface area contributed by atoms with Gasteiger partial charge in [0.2, 0.25) is 0 Å². The Morgan fingerprint density at radius 1 is 0.844 bits per heavy atom. The normalized spacial score (nSPS) is 11.0. The standard InChI is InChI=1S/C24H26NO2.BF4/c1-18-16-19(2)25(20(3)17-18)14-15-27-24(26)23(21-10-6-4-7-11-21)22-12-8-5-9-13-22;2-1(3,4)5/h4-13,16-17,23H,14-15H2,1-3H3;/q+1;-1. The molecule has 0 aliphatic carbocycles. The maximum Gasteiger partial charge on any atom is 0.673 e. The van der Waals surface area contributed by atoms with Crippen molar-refractivity contribution >= 4 is 13.2 Å². The van der Waals surface area contributed by atoms with Gasteiger partial charge in [0.05, 0.1) is 0 Å². The monoisotopic (exact) mass is 447 g/mol. The third kappa shape index (κ3) is 8.17. The van der Waals surface area contributed by atoms with Crippen molar-refractivity contribution in [1.29, 1.82) is 0 Å². The molecule has 1 heterocycles. The highest BCUT2D eigenvalue weighted by Gasteiger charge is 2.24. The number of halogens is 4. The number of aryl methyl sites for hydroxylation is 3. The van der Waals surface area contributed by atoms with Crippen molar-refractivity contribution in [2.45, 2.75) is 33.2 Å². The summed E-state index contributed by atoms with van der Waals surface area (Å²) >= 11 is 0. The molecule has 0 amide bonds. The Bertz CT molecular complexity index is 943. The number of nitrogens with zero attached hydrogens (tertiary/aromatic N) is 1. The number of benzene rings is 2. The summed E-state index contributed by atoms with van der Waals surface area (Å²) in [6.45, 7) is 7.26. The number of hydrogen-bond donors (Lipinski definition) is 0. The van der Waals surface area contributed by atoms with E-state index in [0.717, 1.165) is 11.1 Å². The Morgan fingerprint density at radius 3 is 1.66 bits per heavy atom. The van der Waals surface area contributed by atoms with Crippen LogP contribution in [0.4, 0.5) is 17.3 Å². The Labute approximate surface area is 185 Å².